The van der Waals surface area contributed by atoms with Crippen LogP contribution in [0.1, 0.15) is 31.0 Å². The molecule has 0 saturated carbocycles. The number of aryl methyl sites for hydroxylation is 1. The zero-order chi connectivity index (χ0) is 14.9. The van der Waals surface area contributed by atoms with Gasteiger partial charge in [-0.2, -0.15) is 10.4 Å². The molecule has 2 rings (SSSR count). The number of nitrogens with zero attached hydrogens (tertiary/aromatic N) is 3. The Bertz CT molecular complexity index is 682. The summed E-state index contributed by atoms with van der Waals surface area (Å²) in [6, 6.07) is 6.12. The van der Waals surface area contributed by atoms with Crippen LogP contribution in [0.3, 0.4) is 0 Å². The van der Waals surface area contributed by atoms with Gasteiger partial charge in [0.1, 0.15) is 5.82 Å². The number of aromatic nitrogens is 2. The van der Waals surface area contributed by atoms with Gasteiger partial charge in [0, 0.05) is 7.05 Å². The lowest BCUT2D eigenvalue weighted by Crippen LogP contribution is -2.03. The Hall–Kier alpha value is -2.55. The Morgan fingerprint density at radius 1 is 1.45 bits per heavy atom. The molecule has 0 aliphatic heterocycles. The minimum absolute atomic E-state index is 0.183. The Morgan fingerprint density at radius 2 is 2.15 bits per heavy atom. The largest absolute Gasteiger partial charge is 0.394 e. The first-order chi connectivity index (χ1) is 9.43. The van der Waals surface area contributed by atoms with Crippen LogP contribution in [0.15, 0.2) is 18.2 Å². The lowest BCUT2D eigenvalue weighted by molar-refractivity contribution is 0.630. The number of nitrogen functional groups attached to an aromatic ring is 1. The van der Waals surface area contributed by atoms with Gasteiger partial charge in [0.2, 0.25) is 0 Å². The highest BCUT2D eigenvalue weighted by molar-refractivity contribution is 5.72. The first-order valence-electron chi connectivity index (χ1n) is 6.23. The van der Waals surface area contributed by atoms with Gasteiger partial charge in [-0.25, -0.2) is 4.39 Å². The fourth-order valence-corrected chi connectivity index (χ4v) is 1.95. The summed E-state index contributed by atoms with van der Waals surface area (Å²) >= 11 is 0. The van der Waals surface area contributed by atoms with E-state index in [4.69, 9.17) is 11.0 Å². The van der Waals surface area contributed by atoms with Crippen molar-refractivity contribution in [3.8, 4) is 6.07 Å². The Kier molecular flexibility index (Phi) is 3.61. The second-order valence-electron chi connectivity index (χ2n) is 4.86. The first kappa shape index (κ1) is 13.9. The van der Waals surface area contributed by atoms with Crippen molar-refractivity contribution in [3.05, 3.63) is 35.3 Å². The van der Waals surface area contributed by atoms with Crippen molar-refractivity contribution in [1.29, 1.82) is 5.26 Å². The van der Waals surface area contributed by atoms with Gasteiger partial charge in [-0.05, 0) is 24.1 Å². The number of rotatable bonds is 3. The van der Waals surface area contributed by atoms with Crippen LogP contribution in [0.2, 0.25) is 0 Å². The van der Waals surface area contributed by atoms with Gasteiger partial charge in [0.25, 0.3) is 0 Å². The normalized spacial score (nSPS) is 10.6. The Balaban J connectivity index is 2.38. The van der Waals surface area contributed by atoms with E-state index < -0.39 is 5.82 Å². The quantitative estimate of drug-likeness (QED) is 0.901. The molecule has 0 saturated heterocycles. The molecule has 5 nitrogen and oxygen atoms in total. The second-order valence-corrected chi connectivity index (χ2v) is 4.86. The minimum atomic E-state index is -0.504. The van der Waals surface area contributed by atoms with Crippen molar-refractivity contribution < 1.29 is 4.39 Å². The number of hydrogen-bond acceptors (Lipinski definition) is 4. The Morgan fingerprint density at radius 3 is 2.65 bits per heavy atom. The average molecular weight is 273 g/mol. The SMILES string of the molecule is CC(C)c1nn(C)c(Nc2ccc(C#N)cc2F)c1N. The standard InChI is InChI=1S/C14H16FN5/c1-8(2)13-12(17)14(20(3)19-13)18-11-5-4-9(7-16)6-10(11)15/h4-6,8,18H,17H2,1-3H3. The van der Waals surface area contributed by atoms with E-state index >= 15 is 0 Å². The summed E-state index contributed by atoms with van der Waals surface area (Å²) in [6.45, 7) is 3.98. The maximum Gasteiger partial charge on any atom is 0.152 e. The van der Waals surface area contributed by atoms with Gasteiger partial charge in [-0.3, -0.25) is 4.68 Å². The molecule has 0 aliphatic rings. The van der Waals surface area contributed by atoms with Crippen LogP contribution in [0.25, 0.3) is 0 Å². The topological polar surface area (TPSA) is 79.7 Å². The van der Waals surface area contributed by atoms with E-state index in [0.29, 0.717) is 11.5 Å². The molecule has 0 amide bonds. The monoisotopic (exact) mass is 273 g/mol. The van der Waals surface area contributed by atoms with Gasteiger partial charge in [0.15, 0.2) is 5.82 Å². The third kappa shape index (κ3) is 2.43. The van der Waals surface area contributed by atoms with E-state index in [2.05, 4.69) is 10.4 Å². The number of hydrogen-bond donors (Lipinski definition) is 2. The van der Waals surface area contributed by atoms with E-state index in [-0.39, 0.29) is 17.2 Å². The molecule has 0 fully saturated rings. The van der Waals surface area contributed by atoms with Crippen LogP contribution >= 0.6 is 0 Å². The number of nitrogens with two attached hydrogens (primary N) is 1. The van der Waals surface area contributed by atoms with Crippen LogP contribution in [0, 0.1) is 17.1 Å². The van der Waals surface area contributed by atoms with Crippen molar-refractivity contribution >= 4 is 17.2 Å². The summed E-state index contributed by atoms with van der Waals surface area (Å²) in [4.78, 5) is 0. The molecule has 1 heterocycles. The summed E-state index contributed by atoms with van der Waals surface area (Å²) in [5.41, 5.74) is 7.84. The molecule has 2 aromatic rings. The van der Waals surface area contributed by atoms with Gasteiger partial charge >= 0.3 is 0 Å². The highest BCUT2D eigenvalue weighted by Gasteiger charge is 2.17. The molecule has 0 aliphatic carbocycles. The highest BCUT2D eigenvalue weighted by atomic mass is 19.1. The Labute approximate surface area is 116 Å². The molecule has 20 heavy (non-hydrogen) atoms. The van der Waals surface area contributed by atoms with E-state index in [0.717, 1.165) is 5.69 Å². The lowest BCUT2D eigenvalue weighted by Gasteiger charge is -2.09. The van der Waals surface area contributed by atoms with Gasteiger partial charge in [-0.1, -0.05) is 13.8 Å². The molecule has 3 N–H and O–H groups in total. The van der Waals surface area contributed by atoms with Crippen molar-refractivity contribution in [2.45, 2.75) is 19.8 Å². The number of nitriles is 1. The third-order valence-corrected chi connectivity index (χ3v) is 3.01. The summed E-state index contributed by atoms with van der Waals surface area (Å²) in [7, 11) is 1.74. The summed E-state index contributed by atoms with van der Waals surface area (Å²) in [5.74, 6) is 0.218. The molecule has 104 valence electrons. The molecular weight excluding hydrogens is 257 g/mol. The van der Waals surface area contributed by atoms with Crippen molar-refractivity contribution in [1.82, 2.24) is 9.78 Å². The lowest BCUT2D eigenvalue weighted by atomic mass is 10.1. The molecule has 0 unspecified atom stereocenters. The van der Waals surface area contributed by atoms with Crippen molar-refractivity contribution in [2.75, 3.05) is 11.1 Å². The van der Waals surface area contributed by atoms with E-state index in [1.807, 2.05) is 19.9 Å². The molecule has 1 aromatic heterocycles. The zero-order valence-corrected chi connectivity index (χ0v) is 11.6. The molecule has 0 bridgehead atoms. The molecule has 0 spiro atoms. The summed E-state index contributed by atoms with van der Waals surface area (Å²) < 4.78 is 15.5. The maximum absolute atomic E-state index is 13.9. The van der Waals surface area contributed by atoms with Gasteiger partial charge < -0.3 is 11.1 Å². The number of nitrogens with one attached hydrogen (secondary N) is 1. The molecular formula is C14H16FN5. The maximum atomic E-state index is 13.9. The molecule has 1 aromatic carbocycles. The number of benzene rings is 1. The zero-order valence-electron chi connectivity index (χ0n) is 11.6. The smallest absolute Gasteiger partial charge is 0.152 e. The van der Waals surface area contributed by atoms with E-state index in [1.54, 1.807) is 17.8 Å². The van der Waals surface area contributed by atoms with Crippen LogP contribution in [-0.4, -0.2) is 9.78 Å². The van der Waals surface area contributed by atoms with Crippen molar-refractivity contribution in [2.24, 2.45) is 7.05 Å². The third-order valence-electron chi connectivity index (χ3n) is 3.01. The number of anilines is 3. The van der Waals surface area contributed by atoms with Crippen LogP contribution in [0.5, 0.6) is 0 Å². The van der Waals surface area contributed by atoms with E-state index in [9.17, 15) is 4.39 Å². The van der Waals surface area contributed by atoms with Crippen LogP contribution < -0.4 is 11.1 Å². The minimum Gasteiger partial charge on any atom is -0.394 e. The first-order valence-corrected chi connectivity index (χ1v) is 6.23. The van der Waals surface area contributed by atoms with Crippen molar-refractivity contribution in [3.63, 3.8) is 0 Å². The average Bonchev–Trinajstić information content (AvgIpc) is 2.68. The predicted molar refractivity (Wildman–Crippen MR) is 76.1 cm³/mol. The number of halogens is 1. The second kappa shape index (κ2) is 5.21. The fraction of sp³-hybridized carbons (Fsp3) is 0.286. The molecule has 6 heteroatoms. The van der Waals surface area contributed by atoms with Crippen LogP contribution in [0.4, 0.5) is 21.6 Å². The summed E-state index contributed by atoms with van der Waals surface area (Å²) in [5, 5.41) is 16.0. The van der Waals surface area contributed by atoms with Crippen LogP contribution in [-0.2, 0) is 7.05 Å². The van der Waals surface area contributed by atoms with Gasteiger partial charge in [-0.15, -0.1) is 0 Å². The van der Waals surface area contributed by atoms with Gasteiger partial charge in [0.05, 0.1) is 28.7 Å². The summed E-state index contributed by atoms with van der Waals surface area (Å²) in [6.07, 6.45) is 0. The highest BCUT2D eigenvalue weighted by Crippen LogP contribution is 2.30. The predicted octanol–water partition coefficient (Wildman–Crippen LogP) is 2.88. The molecule has 0 radical (unpaired) electrons. The molecule has 0 atom stereocenters. The fourth-order valence-electron chi connectivity index (χ4n) is 1.95. The van der Waals surface area contributed by atoms with E-state index in [1.165, 1.54) is 12.1 Å².